The van der Waals surface area contributed by atoms with Gasteiger partial charge in [0.2, 0.25) is 0 Å². The van der Waals surface area contributed by atoms with Crippen molar-refractivity contribution in [1.82, 2.24) is 4.90 Å². The van der Waals surface area contributed by atoms with Crippen LogP contribution in [0, 0.1) is 0 Å². The van der Waals surface area contributed by atoms with Crippen LogP contribution in [0.5, 0.6) is 17.2 Å². The first-order chi connectivity index (χ1) is 20.4. The molecule has 0 amide bonds. The number of hydrogen-bond donors (Lipinski definition) is 0. The van der Waals surface area contributed by atoms with Crippen LogP contribution in [-0.2, 0) is 41.3 Å². The van der Waals surface area contributed by atoms with Crippen molar-refractivity contribution < 1.29 is 42.6 Å². The van der Waals surface area contributed by atoms with Gasteiger partial charge in [-0.2, -0.15) is 0 Å². The lowest BCUT2D eigenvalue weighted by Gasteiger charge is -2.26. The molecule has 234 valence electrons. The molecule has 1 atom stereocenters. The molecule has 2 saturated heterocycles. The van der Waals surface area contributed by atoms with Gasteiger partial charge in [-0.15, -0.1) is 0 Å². The fraction of sp³-hybridized carbons (Fsp3) is 0.625. The van der Waals surface area contributed by atoms with Crippen LogP contribution in [0.25, 0.3) is 11.1 Å². The zero-order valence-corrected chi connectivity index (χ0v) is 25.8. The standard InChI is InChI=1S/C32H47NO9/c1-6-27-28(10-14-37-20-26-21-41-32(2,3)42-26)31(30(40-23-35-5)19-29(27)39-22-34-4)24-8-7-9-25(18-24)38-17-13-33-11-15-36-16-12-33/h7-9,18-19,26H,6,10-17,20-23H2,1-5H3. The number of benzene rings is 2. The van der Waals surface area contributed by atoms with Gasteiger partial charge in [0.1, 0.15) is 30.0 Å². The molecule has 0 radical (unpaired) electrons. The smallest absolute Gasteiger partial charge is 0.188 e. The highest BCUT2D eigenvalue weighted by Crippen LogP contribution is 2.42. The number of morpholine rings is 1. The van der Waals surface area contributed by atoms with Crippen molar-refractivity contribution in [3.05, 3.63) is 41.5 Å². The second kappa shape index (κ2) is 16.4. The van der Waals surface area contributed by atoms with Gasteiger partial charge in [0.05, 0.1) is 33.0 Å². The summed E-state index contributed by atoms with van der Waals surface area (Å²) in [5.74, 6) is 1.61. The van der Waals surface area contributed by atoms with E-state index >= 15 is 0 Å². The summed E-state index contributed by atoms with van der Waals surface area (Å²) in [6, 6.07) is 10.1. The Bertz CT molecular complexity index is 1100. The molecule has 10 nitrogen and oxygen atoms in total. The van der Waals surface area contributed by atoms with E-state index < -0.39 is 5.79 Å². The Morgan fingerprint density at radius 2 is 1.69 bits per heavy atom. The first-order valence-electron chi connectivity index (χ1n) is 14.8. The minimum atomic E-state index is -0.577. The molecular formula is C32H47NO9. The van der Waals surface area contributed by atoms with Gasteiger partial charge in [0.15, 0.2) is 19.4 Å². The SMILES string of the molecule is CCc1c(OCOC)cc(OCOC)c(-c2cccc(OCCN3CCOCC3)c2)c1CCOCC1COC(C)(C)O1. The van der Waals surface area contributed by atoms with Gasteiger partial charge < -0.3 is 42.6 Å². The highest BCUT2D eigenvalue weighted by molar-refractivity contribution is 5.78. The molecule has 0 N–H and O–H groups in total. The number of methoxy groups -OCH3 is 2. The topological polar surface area (TPSA) is 86.3 Å². The van der Waals surface area contributed by atoms with Gasteiger partial charge >= 0.3 is 0 Å². The Hall–Kier alpha value is -2.44. The van der Waals surface area contributed by atoms with E-state index in [9.17, 15) is 0 Å². The van der Waals surface area contributed by atoms with E-state index in [1.54, 1.807) is 14.2 Å². The summed E-state index contributed by atoms with van der Waals surface area (Å²) in [6.07, 6.45) is 1.31. The van der Waals surface area contributed by atoms with Gasteiger partial charge in [-0.05, 0) is 55.5 Å². The van der Waals surface area contributed by atoms with Crippen LogP contribution in [0.3, 0.4) is 0 Å². The highest BCUT2D eigenvalue weighted by atomic mass is 16.7. The van der Waals surface area contributed by atoms with Crippen molar-refractivity contribution in [2.24, 2.45) is 0 Å². The van der Waals surface area contributed by atoms with Crippen molar-refractivity contribution in [2.45, 2.75) is 45.5 Å². The Labute approximate surface area is 250 Å². The summed E-state index contributed by atoms with van der Waals surface area (Å²) in [5.41, 5.74) is 4.13. The van der Waals surface area contributed by atoms with E-state index in [4.69, 9.17) is 42.6 Å². The number of rotatable bonds is 17. The zero-order chi connectivity index (χ0) is 29.8. The van der Waals surface area contributed by atoms with Crippen molar-refractivity contribution in [2.75, 3.05) is 87.1 Å². The Morgan fingerprint density at radius 3 is 2.38 bits per heavy atom. The number of ether oxygens (including phenoxy) is 9. The molecule has 4 rings (SSSR count). The summed E-state index contributed by atoms with van der Waals surface area (Å²) in [5, 5.41) is 0. The molecule has 2 aliphatic rings. The normalized spacial score (nSPS) is 18.7. The molecule has 42 heavy (non-hydrogen) atoms. The number of hydrogen-bond acceptors (Lipinski definition) is 10. The molecule has 2 fully saturated rings. The molecule has 2 aliphatic heterocycles. The monoisotopic (exact) mass is 589 g/mol. The average molecular weight is 590 g/mol. The lowest BCUT2D eigenvalue weighted by atomic mass is 9.90. The molecular weight excluding hydrogens is 542 g/mol. The maximum absolute atomic E-state index is 6.20. The quantitative estimate of drug-likeness (QED) is 0.197. The van der Waals surface area contributed by atoms with Gasteiger partial charge in [-0.3, -0.25) is 4.90 Å². The Kier molecular flexibility index (Phi) is 12.7. The van der Waals surface area contributed by atoms with Crippen LogP contribution in [0.1, 0.15) is 31.9 Å². The lowest BCUT2D eigenvalue weighted by molar-refractivity contribution is -0.144. The highest BCUT2D eigenvalue weighted by Gasteiger charge is 2.32. The largest absolute Gasteiger partial charge is 0.492 e. The molecule has 10 heteroatoms. The van der Waals surface area contributed by atoms with Crippen molar-refractivity contribution in [3.8, 4) is 28.4 Å². The van der Waals surface area contributed by atoms with E-state index in [-0.39, 0.29) is 19.7 Å². The Balaban J connectivity index is 1.59. The van der Waals surface area contributed by atoms with Crippen molar-refractivity contribution in [1.29, 1.82) is 0 Å². The summed E-state index contributed by atoms with van der Waals surface area (Å²) in [6.45, 7) is 12.5. The van der Waals surface area contributed by atoms with Crippen molar-refractivity contribution in [3.63, 3.8) is 0 Å². The van der Waals surface area contributed by atoms with Gasteiger partial charge in [0, 0.05) is 45.5 Å². The van der Waals surface area contributed by atoms with Crippen LogP contribution in [-0.4, -0.2) is 104 Å². The predicted octanol–water partition coefficient (Wildman–Crippen LogP) is 4.30. The Morgan fingerprint density at radius 1 is 0.929 bits per heavy atom. The first kappa shape index (κ1) is 32.5. The summed E-state index contributed by atoms with van der Waals surface area (Å²) in [4.78, 5) is 2.36. The lowest BCUT2D eigenvalue weighted by Crippen LogP contribution is -2.38. The third kappa shape index (κ3) is 9.28. The van der Waals surface area contributed by atoms with Crippen LogP contribution in [0.15, 0.2) is 30.3 Å². The summed E-state index contributed by atoms with van der Waals surface area (Å²) >= 11 is 0. The first-order valence-corrected chi connectivity index (χ1v) is 14.8. The maximum atomic E-state index is 6.20. The minimum Gasteiger partial charge on any atom is -0.492 e. The molecule has 1 unspecified atom stereocenters. The van der Waals surface area contributed by atoms with E-state index in [0.717, 1.165) is 73.0 Å². The third-order valence-corrected chi connectivity index (χ3v) is 7.26. The summed E-state index contributed by atoms with van der Waals surface area (Å²) < 4.78 is 52.0. The molecule has 0 saturated carbocycles. The molecule has 2 aromatic rings. The molecule has 2 heterocycles. The summed E-state index contributed by atoms with van der Waals surface area (Å²) in [7, 11) is 3.22. The van der Waals surface area contributed by atoms with Crippen LogP contribution >= 0.6 is 0 Å². The molecule has 0 bridgehead atoms. The average Bonchev–Trinajstić information content (AvgIpc) is 3.35. The second-order valence-electron chi connectivity index (χ2n) is 10.8. The van der Waals surface area contributed by atoms with E-state index in [1.165, 1.54) is 0 Å². The predicted molar refractivity (Wildman–Crippen MR) is 158 cm³/mol. The van der Waals surface area contributed by atoms with Crippen molar-refractivity contribution >= 4 is 0 Å². The minimum absolute atomic E-state index is 0.0895. The van der Waals surface area contributed by atoms with Crippen LogP contribution in [0.2, 0.25) is 0 Å². The molecule has 0 spiro atoms. The van der Waals surface area contributed by atoms with E-state index in [2.05, 4.69) is 24.0 Å². The third-order valence-electron chi connectivity index (χ3n) is 7.26. The fourth-order valence-electron chi connectivity index (χ4n) is 5.29. The maximum Gasteiger partial charge on any atom is 0.188 e. The number of nitrogens with zero attached hydrogens (tertiary/aromatic N) is 1. The molecule has 2 aromatic carbocycles. The molecule has 0 aromatic heterocycles. The van der Waals surface area contributed by atoms with Crippen LogP contribution < -0.4 is 14.2 Å². The van der Waals surface area contributed by atoms with Gasteiger partial charge in [-0.1, -0.05) is 19.1 Å². The second-order valence-corrected chi connectivity index (χ2v) is 10.8. The van der Waals surface area contributed by atoms with E-state index in [1.807, 2.05) is 32.0 Å². The van der Waals surface area contributed by atoms with Gasteiger partial charge in [0.25, 0.3) is 0 Å². The molecule has 0 aliphatic carbocycles. The zero-order valence-electron chi connectivity index (χ0n) is 25.8. The van der Waals surface area contributed by atoms with Gasteiger partial charge in [-0.25, -0.2) is 0 Å². The van der Waals surface area contributed by atoms with Crippen LogP contribution in [0.4, 0.5) is 0 Å². The fourth-order valence-corrected chi connectivity index (χ4v) is 5.29. The van der Waals surface area contributed by atoms with E-state index in [0.29, 0.717) is 38.6 Å².